The fraction of sp³-hybridized carbons (Fsp3) is 0.321. The number of carbonyl (C=O) groups excluding carboxylic acids is 1. The Morgan fingerprint density at radius 2 is 1.46 bits per heavy atom. The van der Waals surface area contributed by atoms with Crippen molar-refractivity contribution in [3.63, 3.8) is 0 Å². The molecule has 0 bridgehead atoms. The lowest BCUT2D eigenvalue weighted by molar-refractivity contribution is -0.133. The molecule has 0 N–H and O–H groups in total. The number of sulfonamides is 1. The minimum atomic E-state index is -3.84. The van der Waals surface area contributed by atoms with Gasteiger partial charge in [0.05, 0.1) is 11.4 Å². The molecule has 6 nitrogen and oxygen atoms in total. The van der Waals surface area contributed by atoms with Crippen molar-refractivity contribution in [1.82, 2.24) is 14.1 Å². The first kappa shape index (κ1) is 25.1. The molecule has 7 heteroatoms. The van der Waals surface area contributed by atoms with Crippen LogP contribution in [0.4, 0.5) is 0 Å². The van der Waals surface area contributed by atoms with Gasteiger partial charge in [-0.3, -0.25) is 9.69 Å². The Labute approximate surface area is 208 Å². The number of benzene rings is 3. The lowest BCUT2D eigenvalue weighted by atomic mass is 10.1. The highest BCUT2D eigenvalue weighted by Crippen LogP contribution is 2.20. The number of hydrogen-bond acceptors (Lipinski definition) is 4. The lowest BCUT2D eigenvalue weighted by Gasteiger charge is -2.35. The molecule has 1 aliphatic heterocycles. The van der Waals surface area contributed by atoms with Gasteiger partial charge in [-0.25, -0.2) is 8.42 Å². The second-order valence-electron chi connectivity index (χ2n) is 9.22. The van der Waals surface area contributed by atoms with Crippen LogP contribution in [0.3, 0.4) is 0 Å². The minimum absolute atomic E-state index is 0.150. The second-order valence-corrected chi connectivity index (χ2v) is 11.2. The predicted octanol–water partition coefficient (Wildman–Crippen LogP) is 3.84. The highest BCUT2D eigenvalue weighted by molar-refractivity contribution is 7.89. The Kier molecular flexibility index (Phi) is 8.00. The van der Waals surface area contributed by atoms with Gasteiger partial charge >= 0.3 is 0 Å². The van der Waals surface area contributed by atoms with Gasteiger partial charge in [0.15, 0.2) is 0 Å². The first-order valence-corrected chi connectivity index (χ1v) is 13.4. The third-order valence-electron chi connectivity index (χ3n) is 6.39. The van der Waals surface area contributed by atoms with Gasteiger partial charge < -0.3 is 4.90 Å². The smallest absolute Gasteiger partial charge is 0.243 e. The third-order valence-corrected chi connectivity index (χ3v) is 8.19. The number of amides is 1. The Balaban J connectivity index is 1.46. The van der Waals surface area contributed by atoms with E-state index in [9.17, 15) is 13.2 Å². The Morgan fingerprint density at radius 3 is 2.11 bits per heavy atom. The minimum Gasteiger partial charge on any atom is -0.339 e. The summed E-state index contributed by atoms with van der Waals surface area (Å²) in [5, 5.41) is 0. The fourth-order valence-electron chi connectivity index (χ4n) is 4.35. The molecule has 0 aromatic heterocycles. The van der Waals surface area contributed by atoms with Gasteiger partial charge in [-0.2, -0.15) is 4.31 Å². The summed E-state index contributed by atoms with van der Waals surface area (Å²) < 4.78 is 28.4. The van der Waals surface area contributed by atoms with Crippen LogP contribution in [-0.2, 0) is 27.9 Å². The predicted molar refractivity (Wildman–Crippen MR) is 138 cm³/mol. The van der Waals surface area contributed by atoms with Crippen molar-refractivity contribution < 1.29 is 13.2 Å². The largest absolute Gasteiger partial charge is 0.339 e. The standard InChI is InChI=1S/C28H33N3O3S/c1-23-11-13-27(14-12-23)35(33,34)31(21-26-10-6-7-24(2)19-26)22-28(32)30-17-15-29(16-18-30)20-25-8-4-3-5-9-25/h3-14,19H,15-18,20-22H2,1-2H3. The van der Waals surface area contributed by atoms with Crippen LogP contribution in [-0.4, -0.2) is 61.2 Å². The van der Waals surface area contributed by atoms with Crippen LogP contribution in [0.25, 0.3) is 0 Å². The molecule has 0 unspecified atom stereocenters. The Morgan fingerprint density at radius 1 is 0.800 bits per heavy atom. The summed E-state index contributed by atoms with van der Waals surface area (Å²) in [6, 6.07) is 24.8. The maximum atomic E-state index is 13.6. The van der Waals surface area contributed by atoms with E-state index in [0.717, 1.165) is 36.3 Å². The molecule has 3 aromatic carbocycles. The van der Waals surface area contributed by atoms with Crippen molar-refractivity contribution >= 4 is 15.9 Å². The number of aryl methyl sites for hydroxylation is 2. The first-order valence-electron chi connectivity index (χ1n) is 12.0. The molecule has 35 heavy (non-hydrogen) atoms. The molecule has 0 saturated carbocycles. The van der Waals surface area contributed by atoms with Gasteiger partial charge in [-0.1, -0.05) is 77.9 Å². The molecular weight excluding hydrogens is 458 g/mol. The summed E-state index contributed by atoms with van der Waals surface area (Å²) >= 11 is 0. The zero-order valence-corrected chi connectivity index (χ0v) is 21.2. The van der Waals surface area contributed by atoms with Gasteiger partial charge in [-0.15, -0.1) is 0 Å². The second kappa shape index (κ2) is 11.2. The van der Waals surface area contributed by atoms with Gasteiger partial charge in [0.25, 0.3) is 0 Å². The molecule has 1 fully saturated rings. The number of hydrogen-bond donors (Lipinski definition) is 0. The van der Waals surface area contributed by atoms with E-state index in [0.29, 0.717) is 13.1 Å². The van der Waals surface area contributed by atoms with Crippen LogP contribution in [0.5, 0.6) is 0 Å². The Bertz CT molecular complexity index is 1240. The highest BCUT2D eigenvalue weighted by Gasteiger charge is 2.30. The SMILES string of the molecule is Cc1ccc(S(=O)(=O)N(CC(=O)N2CCN(Cc3ccccc3)CC2)Cc2cccc(C)c2)cc1. The molecular formula is C28H33N3O3S. The van der Waals surface area contributed by atoms with E-state index in [1.165, 1.54) is 9.87 Å². The maximum absolute atomic E-state index is 13.6. The molecule has 1 saturated heterocycles. The zero-order chi connectivity index (χ0) is 24.8. The van der Waals surface area contributed by atoms with E-state index in [2.05, 4.69) is 17.0 Å². The summed E-state index contributed by atoms with van der Waals surface area (Å²) in [5.74, 6) is -0.160. The van der Waals surface area contributed by atoms with E-state index in [1.54, 1.807) is 29.2 Å². The van der Waals surface area contributed by atoms with Crippen LogP contribution in [0.1, 0.15) is 22.3 Å². The van der Waals surface area contributed by atoms with Crippen molar-refractivity contribution in [2.24, 2.45) is 0 Å². The van der Waals surface area contributed by atoms with Gasteiger partial charge in [0.2, 0.25) is 15.9 Å². The Hall–Kier alpha value is -3.00. The van der Waals surface area contributed by atoms with Crippen molar-refractivity contribution in [3.8, 4) is 0 Å². The average molecular weight is 492 g/mol. The van der Waals surface area contributed by atoms with Crippen LogP contribution in [0.2, 0.25) is 0 Å². The molecule has 0 aliphatic carbocycles. The monoisotopic (exact) mass is 491 g/mol. The summed E-state index contributed by atoms with van der Waals surface area (Å²) in [7, 11) is -3.84. The molecule has 0 atom stereocenters. The van der Waals surface area contributed by atoms with Crippen molar-refractivity contribution in [1.29, 1.82) is 0 Å². The van der Waals surface area contributed by atoms with Crippen molar-refractivity contribution in [2.45, 2.75) is 31.8 Å². The normalized spacial score (nSPS) is 14.9. The van der Waals surface area contributed by atoms with E-state index >= 15 is 0 Å². The molecule has 0 spiro atoms. The molecule has 1 aliphatic rings. The van der Waals surface area contributed by atoms with E-state index in [1.807, 2.05) is 56.3 Å². The molecule has 1 heterocycles. The highest BCUT2D eigenvalue weighted by atomic mass is 32.2. The maximum Gasteiger partial charge on any atom is 0.243 e. The molecule has 3 aromatic rings. The zero-order valence-electron chi connectivity index (χ0n) is 20.4. The summed E-state index contributed by atoms with van der Waals surface area (Å²) in [4.78, 5) is 17.6. The molecule has 184 valence electrons. The van der Waals surface area contributed by atoms with Crippen LogP contribution < -0.4 is 0 Å². The van der Waals surface area contributed by atoms with Gasteiger partial charge in [0.1, 0.15) is 0 Å². The average Bonchev–Trinajstić information content (AvgIpc) is 2.85. The number of piperazine rings is 1. The summed E-state index contributed by atoms with van der Waals surface area (Å²) in [6.45, 7) is 7.43. The lowest BCUT2D eigenvalue weighted by Crippen LogP contribution is -2.51. The number of rotatable bonds is 8. The topological polar surface area (TPSA) is 60.9 Å². The first-order chi connectivity index (χ1) is 16.8. The molecule has 1 amide bonds. The van der Waals surface area contributed by atoms with Gasteiger partial charge in [-0.05, 0) is 37.1 Å². The van der Waals surface area contributed by atoms with Crippen LogP contribution in [0, 0.1) is 13.8 Å². The number of nitrogens with zero attached hydrogens (tertiary/aromatic N) is 3. The van der Waals surface area contributed by atoms with Crippen LogP contribution in [0.15, 0.2) is 83.8 Å². The van der Waals surface area contributed by atoms with E-state index < -0.39 is 10.0 Å². The van der Waals surface area contributed by atoms with Crippen molar-refractivity contribution in [3.05, 3.63) is 101 Å². The number of carbonyl (C=O) groups is 1. The third kappa shape index (κ3) is 6.57. The van der Waals surface area contributed by atoms with Crippen LogP contribution >= 0.6 is 0 Å². The van der Waals surface area contributed by atoms with Gasteiger partial charge in [0, 0.05) is 39.3 Å². The summed E-state index contributed by atoms with van der Waals surface area (Å²) in [6.07, 6.45) is 0. The fourth-order valence-corrected chi connectivity index (χ4v) is 5.72. The van der Waals surface area contributed by atoms with Crippen molar-refractivity contribution in [2.75, 3.05) is 32.7 Å². The summed E-state index contributed by atoms with van der Waals surface area (Å²) in [5.41, 5.74) is 4.15. The van der Waals surface area contributed by atoms with E-state index in [-0.39, 0.29) is 23.9 Å². The quantitative estimate of drug-likeness (QED) is 0.480. The molecule has 0 radical (unpaired) electrons. The molecule has 4 rings (SSSR count). The van der Waals surface area contributed by atoms with E-state index in [4.69, 9.17) is 0 Å².